The van der Waals surface area contributed by atoms with Crippen LogP contribution in [0.25, 0.3) is 11.6 Å². The second kappa shape index (κ2) is 8.21. The van der Waals surface area contributed by atoms with Crippen LogP contribution in [-0.4, -0.2) is 34.6 Å². The highest BCUT2D eigenvalue weighted by Crippen LogP contribution is 2.26. The molecule has 4 rings (SSSR count). The lowest BCUT2D eigenvalue weighted by molar-refractivity contribution is 0.0469. The minimum atomic E-state index is -0.604. The van der Waals surface area contributed by atoms with Gasteiger partial charge in [0.15, 0.2) is 24.0 Å². The molecule has 3 aromatic rings. The van der Waals surface area contributed by atoms with Gasteiger partial charge in [-0.05, 0) is 61.8 Å². The van der Waals surface area contributed by atoms with Gasteiger partial charge in [0.05, 0.1) is 12.0 Å². The summed E-state index contributed by atoms with van der Waals surface area (Å²) in [6.45, 7) is 1.40. The Morgan fingerprint density at radius 2 is 2.00 bits per heavy atom. The molecule has 0 amide bonds. The predicted octanol–water partition coefficient (Wildman–Crippen LogP) is 4.30. The summed E-state index contributed by atoms with van der Waals surface area (Å²) < 4.78 is 10.7. The van der Waals surface area contributed by atoms with Gasteiger partial charge in [-0.15, -0.1) is 11.8 Å². The van der Waals surface area contributed by atoms with E-state index in [0.29, 0.717) is 27.9 Å². The number of nitrogens with zero attached hydrogens (tertiary/aromatic N) is 2. The quantitative estimate of drug-likeness (QED) is 0.260. The Morgan fingerprint density at radius 1 is 1.17 bits per heavy atom. The molecule has 1 aromatic carbocycles. The van der Waals surface area contributed by atoms with E-state index in [2.05, 4.69) is 9.97 Å². The van der Waals surface area contributed by atoms with Gasteiger partial charge in [-0.2, -0.15) is 0 Å². The summed E-state index contributed by atoms with van der Waals surface area (Å²) in [5.41, 5.74) is 3.84. The highest BCUT2D eigenvalue weighted by Gasteiger charge is 2.22. The van der Waals surface area contributed by atoms with Crippen LogP contribution < -0.4 is 0 Å². The number of ether oxygens (including phenoxy) is 1. The first-order chi connectivity index (χ1) is 14.1. The van der Waals surface area contributed by atoms with Gasteiger partial charge in [0.2, 0.25) is 0 Å². The molecule has 0 spiro atoms. The SMILES string of the molecule is CSc1nc(-c2ccco2)nc(C)c1C(=O)OCC(=O)c1ccc2c(c1)CCC2. The number of aryl methyl sites for hydroxylation is 3. The van der Waals surface area contributed by atoms with Crippen molar-refractivity contribution in [1.82, 2.24) is 9.97 Å². The number of carbonyl (C=O) groups is 2. The van der Waals surface area contributed by atoms with Crippen molar-refractivity contribution in [2.75, 3.05) is 12.9 Å². The molecule has 0 radical (unpaired) electrons. The van der Waals surface area contributed by atoms with Gasteiger partial charge in [-0.3, -0.25) is 4.79 Å². The number of hydrogen-bond acceptors (Lipinski definition) is 7. The van der Waals surface area contributed by atoms with Crippen LogP contribution in [0.4, 0.5) is 0 Å². The standard InChI is InChI=1S/C22H20N2O4S/c1-13-19(21(29-2)24-20(23-13)18-7-4-10-27-18)22(26)28-12-17(25)16-9-8-14-5-3-6-15(14)11-16/h4,7-11H,3,5-6,12H2,1-2H3. The van der Waals surface area contributed by atoms with Crippen LogP contribution in [0.15, 0.2) is 46.0 Å². The van der Waals surface area contributed by atoms with E-state index in [1.165, 1.54) is 22.9 Å². The maximum absolute atomic E-state index is 12.7. The van der Waals surface area contributed by atoms with Crippen LogP contribution in [0, 0.1) is 6.92 Å². The number of furan rings is 1. The molecule has 0 atom stereocenters. The molecule has 2 aromatic heterocycles. The Bertz CT molecular complexity index is 1080. The zero-order valence-corrected chi connectivity index (χ0v) is 17.0. The molecule has 0 aliphatic heterocycles. The number of Topliss-reactive ketones (excluding diaryl/α,β-unsaturated/α-hetero) is 1. The Hall–Kier alpha value is -2.93. The fourth-order valence-corrected chi connectivity index (χ4v) is 4.09. The number of aromatic nitrogens is 2. The number of rotatable bonds is 6. The molecule has 7 heteroatoms. The number of esters is 1. The molecule has 148 valence electrons. The number of ketones is 1. The van der Waals surface area contributed by atoms with Crippen LogP contribution in [0.1, 0.15) is 44.0 Å². The van der Waals surface area contributed by atoms with E-state index < -0.39 is 5.97 Å². The van der Waals surface area contributed by atoms with Crippen molar-refractivity contribution >= 4 is 23.5 Å². The van der Waals surface area contributed by atoms with E-state index in [1.807, 2.05) is 18.4 Å². The molecule has 0 saturated heterocycles. The van der Waals surface area contributed by atoms with E-state index in [9.17, 15) is 9.59 Å². The van der Waals surface area contributed by atoms with Crippen molar-refractivity contribution in [2.24, 2.45) is 0 Å². The van der Waals surface area contributed by atoms with Crippen LogP contribution in [0.2, 0.25) is 0 Å². The van der Waals surface area contributed by atoms with Crippen LogP contribution >= 0.6 is 11.8 Å². The Labute approximate surface area is 172 Å². The van der Waals surface area contributed by atoms with Gasteiger partial charge in [0, 0.05) is 5.56 Å². The minimum absolute atomic E-state index is 0.218. The summed E-state index contributed by atoms with van der Waals surface area (Å²) >= 11 is 1.31. The third-order valence-corrected chi connectivity index (χ3v) is 5.63. The zero-order chi connectivity index (χ0) is 20.4. The van der Waals surface area contributed by atoms with Crippen molar-refractivity contribution < 1.29 is 18.7 Å². The summed E-state index contributed by atoms with van der Waals surface area (Å²) in [5, 5.41) is 0.485. The monoisotopic (exact) mass is 408 g/mol. The van der Waals surface area contributed by atoms with E-state index in [1.54, 1.807) is 31.4 Å². The lowest BCUT2D eigenvalue weighted by Gasteiger charge is -2.11. The molecular weight excluding hydrogens is 388 g/mol. The zero-order valence-electron chi connectivity index (χ0n) is 16.2. The van der Waals surface area contributed by atoms with Gasteiger partial charge in [-0.25, -0.2) is 14.8 Å². The molecule has 1 aliphatic rings. The van der Waals surface area contributed by atoms with Crippen LogP contribution in [0.5, 0.6) is 0 Å². The third kappa shape index (κ3) is 3.96. The molecule has 0 fully saturated rings. The van der Waals surface area contributed by atoms with E-state index >= 15 is 0 Å². The van der Waals surface area contributed by atoms with Gasteiger partial charge in [0.25, 0.3) is 0 Å². The van der Waals surface area contributed by atoms with Crippen molar-refractivity contribution in [3.63, 3.8) is 0 Å². The van der Waals surface area contributed by atoms with E-state index in [-0.39, 0.29) is 18.0 Å². The largest absolute Gasteiger partial charge is 0.461 e. The molecule has 0 bridgehead atoms. The van der Waals surface area contributed by atoms with E-state index in [0.717, 1.165) is 19.3 Å². The van der Waals surface area contributed by atoms with Crippen molar-refractivity contribution in [1.29, 1.82) is 0 Å². The molecular formula is C22H20N2O4S. The fraction of sp³-hybridized carbons (Fsp3) is 0.273. The maximum Gasteiger partial charge on any atom is 0.343 e. The number of hydrogen-bond donors (Lipinski definition) is 0. The van der Waals surface area contributed by atoms with Crippen molar-refractivity contribution in [3.8, 4) is 11.6 Å². The Balaban J connectivity index is 1.50. The lowest BCUT2D eigenvalue weighted by atomic mass is 10.0. The summed E-state index contributed by atoms with van der Waals surface area (Å²) in [4.78, 5) is 34.0. The number of carbonyl (C=O) groups excluding carboxylic acids is 2. The molecule has 0 saturated carbocycles. The summed E-state index contributed by atoms with van der Waals surface area (Å²) in [6.07, 6.45) is 6.53. The fourth-order valence-electron chi connectivity index (χ4n) is 3.48. The Kier molecular flexibility index (Phi) is 5.49. The van der Waals surface area contributed by atoms with Crippen LogP contribution in [-0.2, 0) is 17.6 Å². The molecule has 1 aliphatic carbocycles. The van der Waals surface area contributed by atoms with Gasteiger partial charge < -0.3 is 9.15 Å². The van der Waals surface area contributed by atoms with Crippen molar-refractivity contribution in [2.45, 2.75) is 31.2 Å². The summed E-state index contributed by atoms with van der Waals surface area (Å²) in [7, 11) is 0. The average molecular weight is 408 g/mol. The topological polar surface area (TPSA) is 82.3 Å². The maximum atomic E-state index is 12.7. The number of fused-ring (bicyclic) bond motifs is 1. The van der Waals surface area contributed by atoms with Crippen LogP contribution in [0.3, 0.4) is 0 Å². The normalized spacial score (nSPS) is 12.6. The van der Waals surface area contributed by atoms with Gasteiger partial charge in [-0.1, -0.05) is 12.1 Å². The first kappa shape index (κ1) is 19.4. The molecule has 0 unspecified atom stereocenters. The summed E-state index contributed by atoms with van der Waals surface area (Å²) in [6, 6.07) is 9.22. The smallest absolute Gasteiger partial charge is 0.343 e. The molecule has 6 nitrogen and oxygen atoms in total. The predicted molar refractivity (Wildman–Crippen MR) is 109 cm³/mol. The van der Waals surface area contributed by atoms with Gasteiger partial charge in [0.1, 0.15) is 10.6 Å². The van der Waals surface area contributed by atoms with E-state index in [4.69, 9.17) is 9.15 Å². The third-order valence-electron chi connectivity index (χ3n) is 4.95. The highest BCUT2D eigenvalue weighted by molar-refractivity contribution is 7.98. The van der Waals surface area contributed by atoms with Crippen molar-refractivity contribution in [3.05, 3.63) is 64.5 Å². The first-order valence-corrected chi connectivity index (χ1v) is 10.6. The summed E-state index contributed by atoms with van der Waals surface area (Å²) in [5.74, 6) is 0.106. The molecule has 0 N–H and O–H groups in total. The second-order valence-corrected chi connectivity index (χ2v) is 7.63. The molecule has 29 heavy (non-hydrogen) atoms. The first-order valence-electron chi connectivity index (χ1n) is 9.35. The highest BCUT2D eigenvalue weighted by atomic mass is 32.2. The number of thioether (sulfide) groups is 1. The minimum Gasteiger partial charge on any atom is -0.461 e. The molecule has 2 heterocycles. The Morgan fingerprint density at radius 3 is 2.76 bits per heavy atom. The second-order valence-electron chi connectivity index (χ2n) is 6.83. The van der Waals surface area contributed by atoms with Gasteiger partial charge >= 0.3 is 5.97 Å². The average Bonchev–Trinajstić information content (AvgIpc) is 3.42. The lowest BCUT2D eigenvalue weighted by Crippen LogP contribution is -2.17. The number of benzene rings is 1.